The maximum Gasteiger partial charge on any atom is 0.419 e. The predicted octanol–water partition coefficient (Wildman–Crippen LogP) is 3.76. The van der Waals surface area contributed by atoms with Gasteiger partial charge in [0.05, 0.1) is 24.9 Å². The second-order valence-corrected chi connectivity index (χ2v) is 5.62. The van der Waals surface area contributed by atoms with Gasteiger partial charge in [0.2, 0.25) is 5.78 Å². The van der Waals surface area contributed by atoms with E-state index in [2.05, 4.69) is 9.98 Å². The first-order valence-corrected chi connectivity index (χ1v) is 7.93. The molecular formula is C18H16F3N3O2. The number of benzene rings is 1. The van der Waals surface area contributed by atoms with Crippen molar-refractivity contribution in [1.29, 1.82) is 0 Å². The van der Waals surface area contributed by atoms with Gasteiger partial charge in [0.1, 0.15) is 17.3 Å². The molecule has 1 aliphatic heterocycles. The fraction of sp³-hybridized carbons (Fsp3) is 0.278. The van der Waals surface area contributed by atoms with Crippen LogP contribution >= 0.6 is 0 Å². The number of aryl methyl sites for hydroxylation is 1. The molecule has 2 heterocycles. The molecule has 0 N–H and O–H groups in total. The molecule has 26 heavy (non-hydrogen) atoms. The van der Waals surface area contributed by atoms with E-state index in [4.69, 9.17) is 4.74 Å². The lowest BCUT2D eigenvalue weighted by Crippen LogP contribution is -2.13. The number of imidazole rings is 1. The van der Waals surface area contributed by atoms with Gasteiger partial charge in [-0.2, -0.15) is 13.2 Å². The summed E-state index contributed by atoms with van der Waals surface area (Å²) in [6, 6.07) is 3.30. The number of hydrogen-bond donors (Lipinski definition) is 0. The molecule has 0 saturated carbocycles. The molecule has 0 aliphatic carbocycles. The Morgan fingerprint density at radius 3 is 2.77 bits per heavy atom. The van der Waals surface area contributed by atoms with Crippen LogP contribution in [0.5, 0.6) is 5.75 Å². The summed E-state index contributed by atoms with van der Waals surface area (Å²) in [5.41, 5.74) is -0.286. The summed E-state index contributed by atoms with van der Waals surface area (Å²) in [6.45, 7) is 2.13. The lowest BCUT2D eigenvalue weighted by Gasteiger charge is -2.13. The predicted molar refractivity (Wildman–Crippen MR) is 90.6 cm³/mol. The minimum atomic E-state index is -4.63. The number of aromatic nitrogens is 2. The minimum Gasteiger partial charge on any atom is -0.496 e. The smallest absolute Gasteiger partial charge is 0.419 e. The van der Waals surface area contributed by atoms with Gasteiger partial charge in [-0.1, -0.05) is 6.92 Å². The van der Waals surface area contributed by atoms with E-state index in [9.17, 15) is 18.0 Å². The Bertz CT molecular complexity index is 911. The van der Waals surface area contributed by atoms with Gasteiger partial charge >= 0.3 is 6.18 Å². The van der Waals surface area contributed by atoms with E-state index in [1.807, 2.05) is 6.92 Å². The number of halogens is 3. The normalized spacial score (nSPS) is 13.4. The molecule has 3 rings (SSSR count). The van der Waals surface area contributed by atoms with Gasteiger partial charge in [0, 0.05) is 18.0 Å². The largest absolute Gasteiger partial charge is 0.496 e. The van der Waals surface area contributed by atoms with Crippen LogP contribution in [0.25, 0.3) is 6.20 Å². The van der Waals surface area contributed by atoms with Gasteiger partial charge in [-0.25, -0.2) is 4.98 Å². The van der Waals surface area contributed by atoms with Crippen LogP contribution < -0.4 is 4.74 Å². The maximum atomic E-state index is 13.3. The number of methoxy groups -OCH3 is 1. The summed E-state index contributed by atoms with van der Waals surface area (Å²) in [5.74, 6) is -0.287. The number of hydrogen-bond acceptors (Lipinski definition) is 4. The first-order valence-electron chi connectivity index (χ1n) is 7.93. The van der Waals surface area contributed by atoms with Gasteiger partial charge in [-0.05, 0) is 30.7 Å². The molecular weight excluding hydrogens is 347 g/mol. The number of rotatable bonds is 4. The Kier molecular flexibility index (Phi) is 4.67. The highest BCUT2D eigenvalue weighted by Crippen LogP contribution is 2.37. The van der Waals surface area contributed by atoms with Crippen molar-refractivity contribution in [2.24, 2.45) is 4.99 Å². The van der Waals surface area contributed by atoms with E-state index in [0.717, 1.165) is 19.2 Å². The van der Waals surface area contributed by atoms with Crippen LogP contribution in [0.2, 0.25) is 0 Å². The van der Waals surface area contributed by atoms with Crippen LogP contribution in [-0.4, -0.2) is 28.7 Å². The van der Waals surface area contributed by atoms with Gasteiger partial charge < -0.3 is 4.74 Å². The van der Waals surface area contributed by atoms with Crippen LogP contribution in [0.4, 0.5) is 13.2 Å². The van der Waals surface area contributed by atoms with E-state index in [1.165, 1.54) is 6.07 Å². The molecule has 5 nitrogen and oxygen atoms in total. The fourth-order valence-corrected chi connectivity index (χ4v) is 2.82. The Morgan fingerprint density at radius 2 is 2.12 bits per heavy atom. The summed E-state index contributed by atoms with van der Waals surface area (Å²) in [4.78, 5) is 21.5. The van der Waals surface area contributed by atoms with Gasteiger partial charge in [-0.3, -0.25) is 14.4 Å². The van der Waals surface area contributed by atoms with Crippen molar-refractivity contribution in [2.75, 3.05) is 7.11 Å². The molecule has 1 aliphatic rings. The zero-order valence-electron chi connectivity index (χ0n) is 14.2. The van der Waals surface area contributed by atoms with Crippen molar-refractivity contribution < 1.29 is 22.7 Å². The summed E-state index contributed by atoms with van der Waals surface area (Å²) in [5, 5.41) is 0. The molecule has 0 unspecified atom stereocenters. The van der Waals surface area contributed by atoms with Crippen molar-refractivity contribution >= 4 is 18.2 Å². The Hall–Kier alpha value is -2.90. The number of ether oxygens (including phenoxy) is 1. The van der Waals surface area contributed by atoms with E-state index in [1.54, 1.807) is 23.1 Å². The highest BCUT2D eigenvalue weighted by atomic mass is 19.4. The van der Waals surface area contributed by atoms with Crippen LogP contribution in [0.15, 0.2) is 29.3 Å². The number of carbonyl (C=O) groups is 1. The molecule has 1 aromatic carbocycles. The van der Waals surface area contributed by atoms with Crippen LogP contribution in [0.3, 0.4) is 0 Å². The Balaban J connectivity index is 2.13. The van der Waals surface area contributed by atoms with Crippen LogP contribution in [0.1, 0.15) is 40.1 Å². The van der Waals surface area contributed by atoms with Crippen molar-refractivity contribution in [3.05, 3.63) is 52.6 Å². The van der Waals surface area contributed by atoms with E-state index in [-0.39, 0.29) is 17.0 Å². The molecule has 0 spiro atoms. The third-order valence-electron chi connectivity index (χ3n) is 4.03. The zero-order chi connectivity index (χ0) is 18.9. The average Bonchev–Trinajstić information content (AvgIpc) is 2.81. The highest BCUT2D eigenvalue weighted by molar-refractivity contribution is 6.09. The number of aliphatic imine (C=N–C) groups is 1. The lowest BCUT2D eigenvalue weighted by atomic mass is 10.0. The third-order valence-corrected chi connectivity index (χ3v) is 4.03. The second-order valence-electron chi connectivity index (χ2n) is 5.62. The summed E-state index contributed by atoms with van der Waals surface area (Å²) < 4.78 is 46.1. The molecule has 8 heteroatoms. The first kappa shape index (κ1) is 17.9. The van der Waals surface area contributed by atoms with Crippen molar-refractivity contribution in [1.82, 2.24) is 9.55 Å². The lowest BCUT2D eigenvalue weighted by molar-refractivity contribution is -0.138. The Morgan fingerprint density at radius 1 is 1.35 bits per heavy atom. The fourth-order valence-electron chi connectivity index (χ4n) is 2.82. The number of carbonyl (C=O) groups excluding carboxylic acids is 1. The quantitative estimate of drug-likeness (QED) is 0.778. The highest BCUT2D eigenvalue weighted by Gasteiger charge is 2.35. The number of ketones is 1. The molecule has 0 radical (unpaired) electrons. The van der Waals surface area contributed by atoms with Crippen molar-refractivity contribution in [3.8, 4) is 5.75 Å². The van der Waals surface area contributed by atoms with E-state index < -0.39 is 17.5 Å². The third kappa shape index (κ3) is 3.14. The summed E-state index contributed by atoms with van der Waals surface area (Å²) >= 11 is 0. The second kappa shape index (κ2) is 6.78. The van der Waals surface area contributed by atoms with Gasteiger partial charge in [0.25, 0.3) is 0 Å². The van der Waals surface area contributed by atoms with Crippen LogP contribution in [-0.2, 0) is 19.1 Å². The molecule has 0 atom stereocenters. The zero-order valence-corrected chi connectivity index (χ0v) is 14.2. The van der Waals surface area contributed by atoms with Gasteiger partial charge in [-0.15, -0.1) is 0 Å². The van der Waals surface area contributed by atoms with E-state index >= 15 is 0 Å². The summed E-state index contributed by atoms with van der Waals surface area (Å²) in [6.07, 6.45) is 0.727. The monoisotopic (exact) mass is 363 g/mol. The molecule has 2 aromatic rings. The van der Waals surface area contributed by atoms with Crippen molar-refractivity contribution in [3.63, 3.8) is 0 Å². The van der Waals surface area contributed by atoms with Crippen molar-refractivity contribution in [2.45, 2.75) is 26.1 Å². The topological polar surface area (TPSA) is 56.5 Å². The average molecular weight is 363 g/mol. The minimum absolute atomic E-state index is 0.0749. The Labute approximate surface area is 147 Å². The standard InChI is InChI=1S/C18H16F3N3O2/c1-3-13-16(24-8-4-7-22-10-15(24)23-13)17(25)11-5-6-14(26-2)12(9-11)18(19,20)21/h4-9H,3,10H2,1-2H3. The first-order chi connectivity index (χ1) is 12.4. The molecule has 136 valence electrons. The number of fused-ring (bicyclic) bond motifs is 1. The van der Waals surface area contributed by atoms with Crippen LogP contribution in [0, 0.1) is 0 Å². The maximum absolute atomic E-state index is 13.3. The summed E-state index contributed by atoms with van der Waals surface area (Å²) in [7, 11) is 1.16. The molecule has 1 aromatic heterocycles. The SMILES string of the molecule is CCc1nc2n(c1C(=O)c1ccc(OC)c(C(F)(F)F)c1)C=CC=NC2. The number of alkyl halides is 3. The van der Waals surface area contributed by atoms with E-state index in [0.29, 0.717) is 24.5 Å². The van der Waals surface area contributed by atoms with Gasteiger partial charge in [0.15, 0.2) is 0 Å². The number of nitrogens with zero attached hydrogens (tertiary/aromatic N) is 3. The molecule has 0 amide bonds. The number of allylic oxidation sites excluding steroid dienone is 1. The molecule has 0 saturated heterocycles. The molecule has 0 fully saturated rings. The molecule has 0 bridgehead atoms.